The molecule has 6 heterocycles. The number of likely N-dealkylation sites (N-methyl/N-ethyl adjacent to an activating group) is 1. The van der Waals surface area contributed by atoms with Gasteiger partial charge in [-0.25, -0.2) is 0 Å². The number of piperidine rings is 2. The normalized spacial score (nSPS) is 45.5. The molecule has 0 radical (unpaired) electrons. The third-order valence-electron chi connectivity index (χ3n) is 11.3. The second kappa shape index (κ2) is 6.16. The molecule has 1 saturated carbocycles. The second-order valence-electron chi connectivity index (χ2n) is 13.6. The predicted octanol–water partition coefficient (Wildman–Crippen LogP) is 2.81. The first-order chi connectivity index (χ1) is 17.1. The molecule has 9 nitrogen and oxygen atoms in total. The zero-order chi connectivity index (χ0) is 26.6. The van der Waals surface area contributed by atoms with Gasteiger partial charge in [0.1, 0.15) is 17.7 Å². The molecule has 7 aliphatic rings. The lowest BCUT2D eigenvalue weighted by atomic mass is 9.55. The molecule has 0 aromatic heterocycles. The molecule has 6 aliphatic heterocycles. The molecule has 9 heteroatoms. The summed E-state index contributed by atoms with van der Waals surface area (Å²) in [6.07, 6.45) is 4.33. The van der Waals surface area contributed by atoms with Gasteiger partial charge in [-0.3, -0.25) is 9.59 Å². The van der Waals surface area contributed by atoms with Crippen LogP contribution in [0.5, 0.6) is 11.5 Å². The zero-order valence-corrected chi connectivity index (χ0v) is 22.3. The minimum absolute atomic E-state index is 0.146. The van der Waals surface area contributed by atoms with Gasteiger partial charge in [-0.05, 0) is 50.3 Å². The number of rotatable bonds is 0. The Morgan fingerprint density at radius 2 is 1.92 bits per heavy atom. The molecule has 4 saturated heterocycles. The van der Waals surface area contributed by atoms with E-state index in [0.29, 0.717) is 30.0 Å². The standard InChI is InChI=1S/C28H35N3O6/c1-23(2)10-12-36-20-17(37-23)8-7-16-19(20)29-21(32)27(16)14-26-15-31(35)11-9-25(5,34)28(31,22(33)30(26)6)13-18(26)24(27,3)4/h7-8,10,12,18,34H,9,11,13-15H2,1-6H3,(H,29,32)/t18?,25-,26?,27?,28+,31?/m0/s1. The van der Waals surface area contributed by atoms with Crippen LogP contribution < -0.4 is 14.8 Å². The van der Waals surface area contributed by atoms with Crippen molar-refractivity contribution in [2.24, 2.45) is 11.3 Å². The first-order valence-corrected chi connectivity index (χ1v) is 13.2. The van der Waals surface area contributed by atoms with Gasteiger partial charge in [0.25, 0.3) is 5.91 Å². The summed E-state index contributed by atoms with van der Waals surface area (Å²) in [5.74, 6) is 0.428. The van der Waals surface area contributed by atoms with E-state index in [0.717, 1.165) is 5.56 Å². The van der Waals surface area contributed by atoms with Crippen molar-refractivity contribution >= 4 is 17.5 Å². The van der Waals surface area contributed by atoms with Crippen LogP contribution in [0.15, 0.2) is 24.5 Å². The summed E-state index contributed by atoms with van der Waals surface area (Å²) in [5.41, 5.74) is -4.43. The van der Waals surface area contributed by atoms with Gasteiger partial charge in [0.05, 0.1) is 29.4 Å². The van der Waals surface area contributed by atoms with Gasteiger partial charge in [0, 0.05) is 25.8 Å². The van der Waals surface area contributed by atoms with E-state index in [1.165, 1.54) is 0 Å². The van der Waals surface area contributed by atoms with Gasteiger partial charge in [0.15, 0.2) is 11.5 Å². The van der Waals surface area contributed by atoms with Crippen LogP contribution in [-0.4, -0.2) is 68.9 Å². The van der Waals surface area contributed by atoms with Crippen LogP contribution in [0.2, 0.25) is 0 Å². The Kier molecular flexibility index (Phi) is 3.91. The van der Waals surface area contributed by atoms with E-state index in [2.05, 4.69) is 19.2 Å². The van der Waals surface area contributed by atoms with Crippen molar-refractivity contribution in [1.29, 1.82) is 0 Å². The van der Waals surface area contributed by atoms with Crippen LogP contribution in [0, 0.1) is 16.5 Å². The van der Waals surface area contributed by atoms with Gasteiger partial charge in [-0.1, -0.05) is 19.9 Å². The number of carbonyl (C=O) groups excluding carboxylic acids is 2. The summed E-state index contributed by atoms with van der Waals surface area (Å²) in [6, 6.07) is 3.80. The van der Waals surface area contributed by atoms with Gasteiger partial charge in [-0.2, -0.15) is 0 Å². The molecule has 4 unspecified atom stereocenters. The van der Waals surface area contributed by atoms with Gasteiger partial charge < -0.3 is 34.7 Å². The molecule has 1 aromatic rings. The van der Waals surface area contributed by atoms with E-state index in [4.69, 9.17) is 9.47 Å². The number of hydrogen-bond donors (Lipinski definition) is 2. The highest BCUT2D eigenvalue weighted by atomic mass is 16.6. The predicted molar refractivity (Wildman–Crippen MR) is 135 cm³/mol. The number of quaternary nitrogens is 1. The monoisotopic (exact) mass is 509 g/mol. The van der Waals surface area contributed by atoms with Crippen LogP contribution in [-0.2, 0) is 15.0 Å². The number of hydrogen-bond acceptors (Lipinski definition) is 6. The number of aliphatic hydroxyl groups is 1. The van der Waals surface area contributed by atoms with Crippen LogP contribution in [0.3, 0.4) is 0 Å². The highest BCUT2D eigenvalue weighted by molar-refractivity contribution is 6.09. The molecule has 198 valence electrons. The van der Waals surface area contributed by atoms with Crippen LogP contribution >= 0.6 is 0 Å². The Labute approximate surface area is 216 Å². The molecular weight excluding hydrogens is 474 g/mol. The number of benzene rings is 1. The first-order valence-electron chi connectivity index (χ1n) is 13.2. The van der Waals surface area contributed by atoms with E-state index in [-0.39, 0.29) is 37.2 Å². The molecule has 1 aromatic carbocycles. The summed E-state index contributed by atoms with van der Waals surface area (Å²) < 4.78 is 11.5. The lowest BCUT2D eigenvalue weighted by molar-refractivity contribution is -0.931. The van der Waals surface area contributed by atoms with Crippen molar-refractivity contribution in [3.8, 4) is 11.5 Å². The van der Waals surface area contributed by atoms with Crippen molar-refractivity contribution in [1.82, 2.24) is 4.90 Å². The molecule has 2 amide bonds. The molecule has 5 fully saturated rings. The van der Waals surface area contributed by atoms with Crippen molar-refractivity contribution < 1.29 is 28.8 Å². The molecule has 3 spiro atoms. The smallest absolute Gasteiger partial charge is 0.287 e. The molecule has 6 atom stereocenters. The highest BCUT2D eigenvalue weighted by Crippen LogP contribution is 2.74. The largest absolute Gasteiger partial charge is 0.632 e. The Morgan fingerprint density at radius 3 is 2.65 bits per heavy atom. The third-order valence-corrected chi connectivity index (χ3v) is 11.3. The number of anilines is 1. The molecule has 2 N–H and O–H groups in total. The van der Waals surface area contributed by atoms with Crippen molar-refractivity contribution in [3.63, 3.8) is 0 Å². The number of hydroxylamine groups is 3. The summed E-state index contributed by atoms with van der Waals surface area (Å²) in [4.78, 5) is 29.9. The van der Waals surface area contributed by atoms with Crippen molar-refractivity contribution in [2.75, 3.05) is 25.5 Å². The van der Waals surface area contributed by atoms with Crippen LogP contribution in [0.25, 0.3) is 0 Å². The number of nitrogens with one attached hydrogen (secondary N) is 1. The topological polar surface area (TPSA) is 111 Å². The highest BCUT2D eigenvalue weighted by Gasteiger charge is 2.86. The van der Waals surface area contributed by atoms with E-state index in [1.807, 2.05) is 32.1 Å². The van der Waals surface area contributed by atoms with Gasteiger partial charge in [-0.15, -0.1) is 0 Å². The Bertz CT molecular complexity index is 1340. The zero-order valence-electron chi connectivity index (χ0n) is 22.3. The molecule has 8 rings (SSSR count). The molecular formula is C28H35N3O6. The van der Waals surface area contributed by atoms with Crippen molar-refractivity contribution in [3.05, 3.63) is 35.2 Å². The van der Waals surface area contributed by atoms with E-state index >= 15 is 0 Å². The van der Waals surface area contributed by atoms with Crippen molar-refractivity contribution in [2.45, 2.75) is 81.6 Å². The lowest BCUT2D eigenvalue weighted by Gasteiger charge is -2.70. The lowest BCUT2D eigenvalue weighted by Crippen LogP contribution is -2.87. The number of amides is 2. The summed E-state index contributed by atoms with van der Waals surface area (Å²) in [7, 11) is 1.76. The van der Waals surface area contributed by atoms with E-state index in [9.17, 15) is 19.9 Å². The maximum Gasteiger partial charge on any atom is 0.287 e. The maximum atomic E-state index is 14.4. The average Bonchev–Trinajstić information content (AvgIpc) is 3.22. The number of piperazine rings is 1. The Hall–Kier alpha value is -2.62. The average molecular weight is 510 g/mol. The minimum Gasteiger partial charge on any atom is -0.632 e. The van der Waals surface area contributed by atoms with Crippen LogP contribution in [0.1, 0.15) is 59.4 Å². The SMILES string of the molecule is CN1C(=O)[C@@]23CC4C1(CC1(C(=O)Nc5c1ccc1c5OC=CC(C)(C)O1)C4(C)C)C[N+]2([O-])CC[C@]3(C)O. The summed E-state index contributed by atoms with van der Waals surface area (Å²) >= 11 is 0. The Balaban J connectivity index is 1.43. The van der Waals surface area contributed by atoms with Gasteiger partial charge in [0.2, 0.25) is 11.4 Å². The number of carbonyl (C=O) groups is 2. The summed E-state index contributed by atoms with van der Waals surface area (Å²) in [5, 5.41) is 29.0. The Morgan fingerprint density at radius 1 is 1.19 bits per heavy atom. The van der Waals surface area contributed by atoms with E-state index in [1.54, 1.807) is 25.1 Å². The summed E-state index contributed by atoms with van der Waals surface area (Å²) in [6.45, 7) is 10.1. The fourth-order valence-corrected chi connectivity index (χ4v) is 9.38. The first kappa shape index (κ1) is 23.5. The fourth-order valence-electron chi connectivity index (χ4n) is 9.38. The second-order valence-corrected chi connectivity index (χ2v) is 13.6. The van der Waals surface area contributed by atoms with Crippen LogP contribution in [0.4, 0.5) is 5.69 Å². The molecule has 2 bridgehead atoms. The number of nitrogens with zero attached hydrogens (tertiary/aromatic N) is 2. The number of fused-ring (bicyclic) bond motifs is 5. The maximum absolute atomic E-state index is 14.4. The molecule has 37 heavy (non-hydrogen) atoms. The van der Waals surface area contributed by atoms with E-state index < -0.39 is 37.8 Å². The number of ether oxygens (including phenoxy) is 2. The fraction of sp³-hybridized carbons (Fsp3) is 0.643. The quantitative estimate of drug-likeness (QED) is 0.411. The third kappa shape index (κ3) is 2.23. The molecule has 1 aliphatic carbocycles. The van der Waals surface area contributed by atoms with Gasteiger partial charge >= 0.3 is 0 Å². The minimum atomic E-state index is -1.45.